The van der Waals surface area contributed by atoms with Crippen molar-refractivity contribution in [3.8, 4) is 5.75 Å². The molecule has 0 aliphatic carbocycles. The minimum atomic E-state index is -0.619. The number of carbonyl (C=O) groups excluding carboxylic acids is 1. The van der Waals surface area contributed by atoms with Crippen molar-refractivity contribution in [2.24, 2.45) is 0 Å². The summed E-state index contributed by atoms with van der Waals surface area (Å²) in [5, 5.41) is 0.880. The molecule has 2 heterocycles. The lowest BCUT2D eigenvalue weighted by atomic mass is 10.2. The molecule has 7 nitrogen and oxygen atoms in total. The van der Waals surface area contributed by atoms with Gasteiger partial charge in [-0.3, -0.25) is 15.0 Å². The molecule has 4 rings (SSSR count). The Labute approximate surface area is 180 Å². The van der Waals surface area contributed by atoms with E-state index in [1.807, 2.05) is 19.1 Å². The molecule has 2 N–H and O–H groups in total. The van der Waals surface area contributed by atoms with Gasteiger partial charge in [0.2, 0.25) is 0 Å². The van der Waals surface area contributed by atoms with Gasteiger partial charge in [0.05, 0.1) is 15.9 Å². The van der Waals surface area contributed by atoms with E-state index >= 15 is 0 Å². The van der Waals surface area contributed by atoms with Crippen LogP contribution in [0.1, 0.15) is 21.9 Å². The molecule has 0 spiro atoms. The Hall–Kier alpha value is -3.36. The Morgan fingerprint density at radius 2 is 2.03 bits per heavy atom. The molecule has 2 aromatic carbocycles. The lowest BCUT2D eigenvalue weighted by Gasteiger charge is -2.09. The number of halogens is 1. The number of carbonyl (C=O) groups is 1. The predicted octanol–water partition coefficient (Wildman–Crippen LogP) is 4.58. The fraction of sp³-hybridized carbons (Fsp3) is 0.0952. The molecule has 0 saturated carbocycles. The molecule has 4 aromatic rings. The molecule has 0 saturated heterocycles. The van der Waals surface area contributed by atoms with Crippen LogP contribution < -0.4 is 15.7 Å². The van der Waals surface area contributed by atoms with Crippen LogP contribution in [0.5, 0.6) is 5.75 Å². The van der Waals surface area contributed by atoms with Crippen molar-refractivity contribution in [2.75, 3.05) is 5.43 Å². The van der Waals surface area contributed by atoms with Crippen LogP contribution in [0, 0.1) is 11.7 Å². The second-order valence-corrected chi connectivity index (χ2v) is 7.34. The van der Waals surface area contributed by atoms with Gasteiger partial charge >= 0.3 is 5.91 Å². The highest BCUT2D eigenvalue weighted by Crippen LogP contribution is 2.26. The number of H-pyrrole nitrogens is 1. The molecule has 0 aliphatic rings. The van der Waals surface area contributed by atoms with E-state index in [0.29, 0.717) is 27.4 Å². The topological polar surface area (TPSA) is 89.3 Å². The molecule has 0 unspecified atom stereocenters. The molecule has 0 radical (unpaired) electrons. The first-order chi connectivity index (χ1) is 14.4. The minimum Gasteiger partial charge on any atom is -0.484 e. The van der Waals surface area contributed by atoms with E-state index < -0.39 is 11.5 Å². The van der Waals surface area contributed by atoms with Crippen LogP contribution in [-0.4, -0.2) is 15.6 Å². The van der Waals surface area contributed by atoms with Crippen molar-refractivity contribution in [3.63, 3.8) is 0 Å². The van der Waals surface area contributed by atoms with Crippen LogP contribution >= 0.6 is 23.8 Å². The standard InChI is InChI=1S/C21H16ClN3O4S/c1-12-6-8-15(22)18(10-12)28-11-13-7-9-17(29-13)19(26)24-25-20(27)14-4-2-3-5-16(14)23-21(25)30/h2-10H,11H2,1H3,(H,23,30)(H,24,26). The average Bonchev–Trinajstić information content (AvgIpc) is 3.21. The molecule has 0 aliphatic heterocycles. The quantitative estimate of drug-likeness (QED) is 0.442. The van der Waals surface area contributed by atoms with Crippen molar-refractivity contribution >= 4 is 40.6 Å². The number of fused-ring (bicyclic) bond motifs is 1. The van der Waals surface area contributed by atoms with Crippen LogP contribution in [0.25, 0.3) is 10.9 Å². The van der Waals surface area contributed by atoms with Gasteiger partial charge in [0.1, 0.15) is 18.1 Å². The van der Waals surface area contributed by atoms with E-state index in [1.54, 1.807) is 36.4 Å². The van der Waals surface area contributed by atoms with E-state index in [2.05, 4.69) is 10.4 Å². The lowest BCUT2D eigenvalue weighted by molar-refractivity contribution is 0.0976. The first-order valence-electron chi connectivity index (χ1n) is 8.95. The number of furan rings is 1. The van der Waals surface area contributed by atoms with E-state index in [0.717, 1.165) is 10.2 Å². The number of hydrogen-bond donors (Lipinski definition) is 2. The maximum Gasteiger partial charge on any atom is 0.305 e. The summed E-state index contributed by atoms with van der Waals surface area (Å²) in [6.07, 6.45) is 0. The number of para-hydroxylation sites is 1. The summed E-state index contributed by atoms with van der Waals surface area (Å²) in [6, 6.07) is 15.4. The third kappa shape index (κ3) is 4.00. The number of amides is 1. The third-order valence-corrected chi connectivity index (χ3v) is 4.96. The molecule has 0 bridgehead atoms. The molecule has 1 amide bonds. The number of nitrogens with zero attached hydrogens (tertiary/aromatic N) is 1. The monoisotopic (exact) mass is 441 g/mol. The van der Waals surface area contributed by atoms with E-state index in [9.17, 15) is 9.59 Å². The number of benzene rings is 2. The maximum atomic E-state index is 12.6. The number of aromatic nitrogens is 2. The smallest absolute Gasteiger partial charge is 0.305 e. The van der Waals surface area contributed by atoms with Crippen molar-refractivity contribution < 1.29 is 13.9 Å². The zero-order valence-corrected chi connectivity index (χ0v) is 17.3. The number of nitrogens with one attached hydrogen (secondary N) is 2. The Morgan fingerprint density at radius 3 is 2.87 bits per heavy atom. The predicted molar refractivity (Wildman–Crippen MR) is 116 cm³/mol. The number of aromatic amines is 1. The van der Waals surface area contributed by atoms with Crippen molar-refractivity contribution in [1.29, 1.82) is 0 Å². The lowest BCUT2D eigenvalue weighted by Crippen LogP contribution is -2.34. The summed E-state index contributed by atoms with van der Waals surface area (Å²) in [4.78, 5) is 28.1. The molecule has 152 valence electrons. The Morgan fingerprint density at radius 1 is 1.23 bits per heavy atom. The van der Waals surface area contributed by atoms with E-state index in [1.165, 1.54) is 6.07 Å². The summed E-state index contributed by atoms with van der Waals surface area (Å²) < 4.78 is 12.2. The van der Waals surface area contributed by atoms with E-state index in [-0.39, 0.29) is 17.1 Å². The fourth-order valence-corrected chi connectivity index (χ4v) is 3.28. The van der Waals surface area contributed by atoms with Gasteiger partial charge in [-0.15, -0.1) is 0 Å². The SMILES string of the molecule is Cc1ccc(Cl)c(OCc2ccc(C(=O)Nn3c(=S)[nH]c4ccccc4c3=O)o2)c1. The number of ether oxygens (including phenoxy) is 1. The van der Waals surface area contributed by atoms with Crippen LogP contribution in [0.15, 0.2) is 63.8 Å². The van der Waals surface area contributed by atoms with Crippen molar-refractivity contribution in [1.82, 2.24) is 9.66 Å². The summed E-state index contributed by atoms with van der Waals surface area (Å²) in [5.41, 5.74) is 3.62. The fourth-order valence-electron chi connectivity index (χ4n) is 2.87. The zero-order chi connectivity index (χ0) is 21.3. The Kier molecular flexibility index (Phi) is 5.43. The maximum absolute atomic E-state index is 12.6. The molecular weight excluding hydrogens is 426 g/mol. The second kappa shape index (κ2) is 8.17. The molecule has 0 fully saturated rings. The Balaban J connectivity index is 1.51. The highest BCUT2D eigenvalue weighted by Gasteiger charge is 2.15. The first-order valence-corrected chi connectivity index (χ1v) is 9.74. The third-order valence-electron chi connectivity index (χ3n) is 4.36. The minimum absolute atomic E-state index is 0.0124. The molecule has 2 aromatic heterocycles. The zero-order valence-electron chi connectivity index (χ0n) is 15.8. The van der Waals surface area contributed by atoms with Crippen LogP contribution in [0.3, 0.4) is 0 Å². The average molecular weight is 442 g/mol. The van der Waals surface area contributed by atoms with Crippen LogP contribution in [0.4, 0.5) is 0 Å². The normalized spacial score (nSPS) is 10.9. The van der Waals surface area contributed by atoms with Crippen LogP contribution in [0.2, 0.25) is 5.02 Å². The van der Waals surface area contributed by atoms with Gasteiger partial charge in [-0.2, -0.15) is 4.68 Å². The number of rotatable bonds is 5. The van der Waals surface area contributed by atoms with Gasteiger partial charge in [-0.1, -0.05) is 29.8 Å². The van der Waals surface area contributed by atoms with Crippen molar-refractivity contribution in [3.05, 3.63) is 91.8 Å². The second-order valence-electron chi connectivity index (χ2n) is 6.55. The summed E-state index contributed by atoms with van der Waals surface area (Å²) in [5.74, 6) is 0.340. The largest absolute Gasteiger partial charge is 0.484 e. The molecule has 0 atom stereocenters. The molecular formula is C21H16ClN3O4S. The highest BCUT2D eigenvalue weighted by atomic mass is 35.5. The van der Waals surface area contributed by atoms with Gasteiger partial charge in [0, 0.05) is 0 Å². The first kappa shape index (κ1) is 19.9. The summed E-state index contributed by atoms with van der Waals surface area (Å²) in [7, 11) is 0. The van der Waals surface area contributed by atoms with Gasteiger partial charge in [-0.05, 0) is 61.1 Å². The number of hydrogen-bond acceptors (Lipinski definition) is 5. The van der Waals surface area contributed by atoms with Gasteiger partial charge in [0.15, 0.2) is 10.5 Å². The molecule has 9 heteroatoms. The van der Waals surface area contributed by atoms with Gasteiger partial charge in [-0.25, -0.2) is 0 Å². The van der Waals surface area contributed by atoms with E-state index in [4.69, 9.17) is 33.0 Å². The van der Waals surface area contributed by atoms with Crippen molar-refractivity contribution in [2.45, 2.75) is 13.5 Å². The molecule has 30 heavy (non-hydrogen) atoms. The van der Waals surface area contributed by atoms with Gasteiger partial charge in [0.25, 0.3) is 5.56 Å². The summed E-state index contributed by atoms with van der Waals surface area (Å²) >= 11 is 11.3. The number of aryl methyl sites for hydroxylation is 1. The summed E-state index contributed by atoms with van der Waals surface area (Å²) in [6.45, 7) is 2.02. The van der Waals surface area contributed by atoms with Crippen LogP contribution in [-0.2, 0) is 6.61 Å². The Bertz CT molecular complexity index is 1370. The van der Waals surface area contributed by atoms with Gasteiger partial charge < -0.3 is 14.1 Å². The highest BCUT2D eigenvalue weighted by molar-refractivity contribution is 7.71.